The Bertz CT molecular complexity index is 340. The second-order valence-corrected chi connectivity index (χ2v) is 4.34. The normalized spacial score (nSPS) is 13.6. The van der Waals surface area contributed by atoms with Crippen molar-refractivity contribution in [2.24, 2.45) is 0 Å². The lowest BCUT2D eigenvalue weighted by Gasteiger charge is -2.10. The first-order valence-corrected chi connectivity index (χ1v) is 6.09. The number of hydrogen-bond acceptors (Lipinski definition) is 1. The largest absolute Gasteiger partial charge is 0.489 e. The van der Waals surface area contributed by atoms with Crippen LogP contribution in [0.1, 0.15) is 38.7 Å². The topological polar surface area (TPSA) is 9.23 Å². The van der Waals surface area contributed by atoms with E-state index in [4.69, 9.17) is 16.3 Å². The lowest BCUT2D eigenvalue weighted by Crippen LogP contribution is -1.98. The summed E-state index contributed by atoms with van der Waals surface area (Å²) >= 11 is 5.56. The van der Waals surface area contributed by atoms with E-state index in [2.05, 4.69) is 26.0 Å². The molecule has 0 saturated carbocycles. The second-order valence-electron chi connectivity index (χ2n) is 4.12. The van der Waals surface area contributed by atoms with E-state index in [1.165, 1.54) is 5.56 Å². The highest BCUT2D eigenvalue weighted by Crippen LogP contribution is 2.21. The molecule has 0 aromatic heterocycles. The maximum absolute atomic E-state index is 5.57. The third kappa shape index (κ3) is 3.90. The fraction of sp³-hybridized carbons (Fsp3) is 0.429. The molecule has 0 radical (unpaired) electrons. The van der Waals surface area contributed by atoms with Crippen LogP contribution in [0.25, 0.3) is 0 Å². The molecule has 88 valence electrons. The Morgan fingerprint density at radius 1 is 1.38 bits per heavy atom. The summed E-state index contributed by atoms with van der Waals surface area (Å²) in [7, 11) is 0. The summed E-state index contributed by atoms with van der Waals surface area (Å²) in [5, 5.41) is 0. The lowest BCUT2D eigenvalue weighted by molar-refractivity contribution is 0.352. The van der Waals surface area contributed by atoms with Gasteiger partial charge in [-0.25, -0.2) is 0 Å². The average molecular weight is 239 g/mol. The van der Waals surface area contributed by atoms with Gasteiger partial charge in [-0.3, -0.25) is 0 Å². The SMILES string of the molecule is CCC(C)c1ccc(OC/C(C)=C/Cl)cc1. The van der Waals surface area contributed by atoms with Crippen LogP contribution in [0.5, 0.6) is 5.75 Å². The van der Waals surface area contributed by atoms with Crippen LogP contribution in [0.15, 0.2) is 35.4 Å². The molecule has 1 rings (SSSR count). The van der Waals surface area contributed by atoms with Gasteiger partial charge in [-0.1, -0.05) is 37.6 Å². The number of benzene rings is 1. The maximum Gasteiger partial charge on any atom is 0.119 e. The fourth-order valence-electron chi connectivity index (χ4n) is 1.36. The predicted molar refractivity (Wildman–Crippen MR) is 70.3 cm³/mol. The third-order valence-electron chi connectivity index (χ3n) is 2.71. The van der Waals surface area contributed by atoms with Gasteiger partial charge in [0.2, 0.25) is 0 Å². The zero-order valence-electron chi connectivity index (χ0n) is 10.2. The van der Waals surface area contributed by atoms with Gasteiger partial charge in [0.1, 0.15) is 12.4 Å². The van der Waals surface area contributed by atoms with Crippen LogP contribution < -0.4 is 4.74 Å². The van der Waals surface area contributed by atoms with E-state index in [1.54, 1.807) is 5.54 Å². The van der Waals surface area contributed by atoms with Gasteiger partial charge in [-0.15, -0.1) is 0 Å². The molecule has 1 unspecified atom stereocenters. The first-order valence-electron chi connectivity index (χ1n) is 5.66. The van der Waals surface area contributed by atoms with Crippen LogP contribution in [0.3, 0.4) is 0 Å². The molecule has 0 saturated heterocycles. The zero-order valence-corrected chi connectivity index (χ0v) is 10.9. The standard InChI is InChI=1S/C14H19ClO/c1-4-12(3)13-5-7-14(8-6-13)16-10-11(2)9-15/h5-9,12H,4,10H2,1-3H3/b11-9+. The first-order chi connectivity index (χ1) is 7.67. The summed E-state index contributed by atoms with van der Waals surface area (Å²) < 4.78 is 5.57. The minimum absolute atomic E-state index is 0.548. The lowest BCUT2D eigenvalue weighted by atomic mass is 9.99. The van der Waals surface area contributed by atoms with Gasteiger partial charge in [-0.05, 0) is 42.5 Å². The van der Waals surface area contributed by atoms with Crippen LogP contribution in [-0.4, -0.2) is 6.61 Å². The quantitative estimate of drug-likeness (QED) is 0.721. The molecule has 0 bridgehead atoms. The van der Waals surface area contributed by atoms with E-state index in [9.17, 15) is 0 Å². The van der Waals surface area contributed by atoms with Gasteiger partial charge in [-0.2, -0.15) is 0 Å². The van der Waals surface area contributed by atoms with Crippen molar-refractivity contribution in [3.63, 3.8) is 0 Å². The molecule has 0 aliphatic carbocycles. The number of rotatable bonds is 5. The van der Waals surface area contributed by atoms with Crippen molar-refractivity contribution in [1.29, 1.82) is 0 Å². The molecule has 1 aromatic rings. The summed E-state index contributed by atoms with van der Waals surface area (Å²) in [5.41, 5.74) is 3.93. The summed E-state index contributed by atoms with van der Waals surface area (Å²) in [6.07, 6.45) is 1.16. The van der Waals surface area contributed by atoms with Gasteiger partial charge in [0.25, 0.3) is 0 Å². The number of hydrogen-bond donors (Lipinski definition) is 0. The van der Waals surface area contributed by atoms with Gasteiger partial charge in [0.05, 0.1) is 0 Å². The van der Waals surface area contributed by atoms with Gasteiger partial charge in [0, 0.05) is 5.54 Å². The molecular weight excluding hydrogens is 220 g/mol. The Labute approximate surface area is 103 Å². The predicted octanol–water partition coefficient (Wildman–Crippen LogP) is 4.72. The van der Waals surface area contributed by atoms with Crippen molar-refractivity contribution >= 4 is 11.6 Å². The van der Waals surface area contributed by atoms with E-state index in [-0.39, 0.29) is 0 Å². The Morgan fingerprint density at radius 3 is 2.50 bits per heavy atom. The van der Waals surface area contributed by atoms with E-state index < -0.39 is 0 Å². The van der Waals surface area contributed by atoms with Crippen LogP contribution in [0.4, 0.5) is 0 Å². The van der Waals surface area contributed by atoms with Crippen molar-refractivity contribution in [3.05, 3.63) is 40.9 Å². The van der Waals surface area contributed by atoms with Crippen molar-refractivity contribution < 1.29 is 4.74 Å². The second kappa shape index (κ2) is 6.59. The molecule has 1 nitrogen and oxygen atoms in total. The highest BCUT2D eigenvalue weighted by atomic mass is 35.5. The molecule has 0 aliphatic heterocycles. The maximum atomic E-state index is 5.57. The van der Waals surface area contributed by atoms with Crippen molar-refractivity contribution in [1.82, 2.24) is 0 Å². The smallest absolute Gasteiger partial charge is 0.119 e. The van der Waals surface area contributed by atoms with Crippen LogP contribution in [-0.2, 0) is 0 Å². The molecule has 0 heterocycles. The van der Waals surface area contributed by atoms with E-state index in [0.29, 0.717) is 12.5 Å². The van der Waals surface area contributed by atoms with E-state index in [1.807, 2.05) is 19.1 Å². The Kier molecular flexibility index (Phi) is 5.41. The molecule has 2 heteroatoms. The van der Waals surface area contributed by atoms with Crippen molar-refractivity contribution in [2.45, 2.75) is 33.1 Å². The van der Waals surface area contributed by atoms with Crippen molar-refractivity contribution in [2.75, 3.05) is 6.61 Å². The molecule has 0 spiro atoms. The van der Waals surface area contributed by atoms with Crippen LogP contribution >= 0.6 is 11.6 Å². The summed E-state index contributed by atoms with van der Waals surface area (Å²) in [6, 6.07) is 8.29. The molecule has 1 aromatic carbocycles. The van der Waals surface area contributed by atoms with Gasteiger partial charge >= 0.3 is 0 Å². The number of ether oxygens (including phenoxy) is 1. The van der Waals surface area contributed by atoms with Crippen molar-refractivity contribution in [3.8, 4) is 5.75 Å². The van der Waals surface area contributed by atoms with E-state index >= 15 is 0 Å². The monoisotopic (exact) mass is 238 g/mol. The first kappa shape index (κ1) is 13.1. The Morgan fingerprint density at radius 2 is 2.00 bits per heavy atom. The molecule has 0 aliphatic rings. The molecule has 0 fully saturated rings. The van der Waals surface area contributed by atoms with Gasteiger partial charge in [0.15, 0.2) is 0 Å². The highest BCUT2D eigenvalue weighted by molar-refractivity contribution is 6.25. The minimum atomic E-state index is 0.548. The Balaban J connectivity index is 2.58. The van der Waals surface area contributed by atoms with Crippen LogP contribution in [0, 0.1) is 0 Å². The molecule has 1 atom stereocenters. The fourth-order valence-corrected chi connectivity index (χ4v) is 1.42. The molecule has 0 amide bonds. The Hall–Kier alpha value is -0.950. The average Bonchev–Trinajstić information content (AvgIpc) is 2.35. The summed E-state index contributed by atoms with van der Waals surface area (Å²) in [4.78, 5) is 0. The zero-order chi connectivity index (χ0) is 12.0. The highest BCUT2D eigenvalue weighted by Gasteiger charge is 2.02. The third-order valence-corrected chi connectivity index (χ3v) is 3.09. The van der Waals surface area contributed by atoms with E-state index in [0.717, 1.165) is 17.7 Å². The minimum Gasteiger partial charge on any atom is -0.489 e. The molecule has 16 heavy (non-hydrogen) atoms. The number of halogens is 1. The molecule has 0 N–H and O–H groups in total. The molecular formula is C14H19ClO. The summed E-state index contributed by atoms with van der Waals surface area (Å²) in [6.45, 7) is 6.92. The van der Waals surface area contributed by atoms with Gasteiger partial charge < -0.3 is 4.74 Å². The van der Waals surface area contributed by atoms with Crippen LogP contribution in [0.2, 0.25) is 0 Å². The summed E-state index contributed by atoms with van der Waals surface area (Å²) in [5.74, 6) is 1.50.